The highest BCUT2D eigenvalue weighted by molar-refractivity contribution is 6.03. The van der Waals surface area contributed by atoms with Gasteiger partial charge in [0.25, 0.3) is 5.56 Å². The molecule has 1 aromatic carbocycles. The summed E-state index contributed by atoms with van der Waals surface area (Å²) in [5.41, 5.74) is 1.28. The van der Waals surface area contributed by atoms with Gasteiger partial charge >= 0.3 is 0 Å². The number of pyridine rings is 1. The molecule has 0 bridgehead atoms. The molecule has 1 aromatic heterocycles. The summed E-state index contributed by atoms with van der Waals surface area (Å²) in [6.45, 7) is 7.41. The summed E-state index contributed by atoms with van der Waals surface area (Å²) in [6, 6.07) is 7.47. The molecule has 2 aromatic rings. The minimum Gasteiger partial charge on any atom is -0.494 e. The van der Waals surface area contributed by atoms with Gasteiger partial charge in [-0.3, -0.25) is 14.2 Å². The van der Waals surface area contributed by atoms with E-state index in [0.29, 0.717) is 18.8 Å². The van der Waals surface area contributed by atoms with E-state index in [1.54, 1.807) is 6.92 Å². The number of hydrogen-bond acceptors (Lipinski definition) is 6. The lowest BCUT2D eigenvalue weighted by molar-refractivity contribution is 0.0812. The third-order valence-electron chi connectivity index (χ3n) is 4.65. The van der Waals surface area contributed by atoms with Crippen LogP contribution in [0.5, 0.6) is 11.6 Å². The van der Waals surface area contributed by atoms with E-state index in [-0.39, 0.29) is 23.2 Å². The van der Waals surface area contributed by atoms with Crippen molar-refractivity contribution in [3.63, 3.8) is 0 Å². The number of carbonyl (C=O) groups is 1. The monoisotopic (exact) mass is 398 g/mol. The third-order valence-corrected chi connectivity index (χ3v) is 4.65. The fraction of sp³-hybridized carbons (Fsp3) is 0.409. The first kappa shape index (κ1) is 22.2. The van der Waals surface area contributed by atoms with Crippen molar-refractivity contribution in [3.05, 3.63) is 56.4 Å². The number of hydrogen-bond donors (Lipinski definition) is 1. The van der Waals surface area contributed by atoms with Crippen LogP contribution in [0.25, 0.3) is 0 Å². The van der Waals surface area contributed by atoms with Gasteiger partial charge in [0.1, 0.15) is 17.4 Å². The Bertz CT molecular complexity index is 997. The zero-order chi connectivity index (χ0) is 21.7. The SMILES string of the molecule is COCCCn1c(O)c(C(=O)C(C)Oc2cc(C)cc(C)c2)c(C)c(C#N)c1=O. The number of ketones is 1. The fourth-order valence-electron chi connectivity index (χ4n) is 3.28. The van der Waals surface area contributed by atoms with Crippen LogP contribution in [0.4, 0.5) is 0 Å². The molecule has 7 nitrogen and oxygen atoms in total. The maximum Gasteiger partial charge on any atom is 0.271 e. The van der Waals surface area contributed by atoms with Gasteiger partial charge in [-0.05, 0) is 62.9 Å². The van der Waals surface area contributed by atoms with E-state index in [0.717, 1.165) is 15.7 Å². The quantitative estimate of drug-likeness (QED) is 0.542. The van der Waals surface area contributed by atoms with Gasteiger partial charge < -0.3 is 14.6 Å². The number of carbonyl (C=O) groups excluding carboxylic acids is 1. The molecule has 1 N–H and O–H groups in total. The molecule has 0 aliphatic rings. The van der Waals surface area contributed by atoms with Crippen LogP contribution in [0.15, 0.2) is 23.0 Å². The van der Waals surface area contributed by atoms with Crippen molar-refractivity contribution >= 4 is 5.78 Å². The molecule has 1 atom stereocenters. The number of rotatable bonds is 8. The predicted octanol–water partition coefficient (Wildman–Crippen LogP) is 3.04. The summed E-state index contributed by atoms with van der Waals surface area (Å²) in [6.07, 6.45) is -0.475. The number of nitriles is 1. The van der Waals surface area contributed by atoms with Crippen LogP contribution < -0.4 is 10.3 Å². The van der Waals surface area contributed by atoms with E-state index in [2.05, 4.69) is 0 Å². The molecule has 0 spiro atoms. The molecule has 154 valence electrons. The Labute approximate surface area is 170 Å². The normalized spacial score (nSPS) is 11.7. The van der Waals surface area contributed by atoms with Crippen LogP contribution in [0, 0.1) is 32.1 Å². The molecule has 2 rings (SSSR count). The number of methoxy groups -OCH3 is 1. The topological polar surface area (TPSA) is 102 Å². The van der Waals surface area contributed by atoms with Crippen LogP contribution in [0.2, 0.25) is 0 Å². The lowest BCUT2D eigenvalue weighted by Crippen LogP contribution is -2.31. The van der Waals surface area contributed by atoms with Crippen molar-refractivity contribution in [2.45, 2.75) is 46.8 Å². The minimum atomic E-state index is -0.919. The average Bonchev–Trinajstić information content (AvgIpc) is 2.64. The lowest BCUT2D eigenvalue weighted by atomic mass is 9.99. The molecule has 0 aliphatic carbocycles. The fourth-order valence-corrected chi connectivity index (χ4v) is 3.28. The molecule has 0 saturated heterocycles. The Morgan fingerprint density at radius 1 is 1.24 bits per heavy atom. The number of aryl methyl sites for hydroxylation is 2. The van der Waals surface area contributed by atoms with Crippen molar-refractivity contribution in [2.24, 2.45) is 0 Å². The molecular formula is C22H26N2O5. The summed E-state index contributed by atoms with van der Waals surface area (Å²) in [5, 5.41) is 20.1. The van der Waals surface area contributed by atoms with Gasteiger partial charge in [0, 0.05) is 20.3 Å². The third kappa shape index (κ3) is 4.84. The summed E-state index contributed by atoms with van der Waals surface area (Å²) in [4.78, 5) is 25.6. The first-order valence-corrected chi connectivity index (χ1v) is 9.35. The summed E-state index contributed by atoms with van der Waals surface area (Å²) in [5.74, 6) is -0.422. The Morgan fingerprint density at radius 3 is 2.41 bits per heavy atom. The van der Waals surface area contributed by atoms with Gasteiger partial charge in [-0.25, -0.2) is 0 Å². The van der Waals surface area contributed by atoms with Gasteiger partial charge in [0.2, 0.25) is 11.7 Å². The zero-order valence-corrected chi connectivity index (χ0v) is 17.4. The van der Waals surface area contributed by atoms with Crippen molar-refractivity contribution in [2.75, 3.05) is 13.7 Å². The van der Waals surface area contributed by atoms with Crippen LogP contribution in [-0.2, 0) is 11.3 Å². The van der Waals surface area contributed by atoms with Gasteiger partial charge in [-0.1, -0.05) is 6.07 Å². The van der Waals surface area contributed by atoms with Gasteiger partial charge in [-0.15, -0.1) is 0 Å². The molecule has 0 radical (unpaired) electrons. The second-order valence-corrected chi connectivity index (χ2v) is 7.06. The van der Waals surface area contributed by atoms with Crippen LogP contribution >= 0.6 is 0 Å². The van der Waals surface area contributed by atoms with Crippen molar-refractivity contribution in [1.29, 1.82) is 5.26 Å². The van der Waals surface area contributed by atoms with Crippen molar-refractivity contribution < 1.29 is 19.4 Å². The molecule has 1 heterocycles. The minimum absolute atomic E-state index is 0.0737. The van der Waals surface area contributed by atoms with E-state index in [4.69, 9.17) is 9.47 Å². The summed E-state index contributed by atoms with van der Waals surface area (Å²) >= 11 is 0. The van der Waals surface area contributed by atoms with E-state index in [1.807, 2.05) is 38.1 Å². The number of aromatic hydroxyl groups is 1. The Morgan fingerprint density at radius 2 is 1.86 bits per heavy atom. The van der Waals surface area contributed by atoms with Crippen LogP contribution in [0.3, 0.4) is 0 Å². The van der Waals surface area contributed by atoms with Crippen molar-refractivity contribution in [1.82, 2.24) is 4.57 Å². The predicted molar refractivity (Wildman–Crippen MR) is 109 cm³/mol. The molecule has 29 heavy (non-hydrogen) atoms. The second-order valence-electron chi connectivity index (χ2n) is 7.06. The first-order valence-electron chi connectivity index (χ1n) is 9.35. The molecule has 1 unspecified atom stereocenters. The van der Waals surface area contributed by atoms with E-state index < -0.39 is 23.3 Å². The van der Waals surface area contributed by atoms with E-state index >= 15 is 0 Å². The molecule has 0 fully saturated rings. The maximum atomic E-state index is 13.1. The smallest absolute Gasteiger partial charge is 0.271 e. The number of nitrogens with zero attached hydrogens (tertiary/aromatic N) is 2. The van der Waals surface area contributed by atoms with Gasteiger partial charge in [-0.2, -0.15) is 5.26 Å². The molecule has 0 saturated carbocycles. The van der Waals surface area contributed by atoms with Gasteiger partial charge in [0.05, 0.1) is 5.56 Å². The summed E-state index contributed by atoms with van der Waals surface area (Å²) < 4.78 is 11.8. The Balaban J connectivity index is 2.46. The van der Waals surface area contributed by atoms with Crippen molar-refractivity contribution in [3.8, 4) is 17.7 Å². The lowest BCUT2D eigenvalue weighted by Gasteiger charge is -2.19. The molecular weight excluding hydrogens is 372 g/mol. The molecule has 7 heteroatoms. The average molecular weight is 398 g/mol. The zero-order valence-electron chi connectivity index (χ0n) is 17.4. The van der Waals surface area contributed by atoms with Crippen LogP contribution in [-0.4, -0.2) is 35.3 Å². The van der Waals surface area contributed by atoms with Gasteiger partial charge in [0.15, 0.2) is 6.10 Å². The molecule has 0 amide bonds. The Kier molecular flexibility index (Phi) is 7.18. The first-order chi connectivity index (χ1) is 13.7. The van der Waals surface area contributed by atoms with Crippen LogP contribution in [0.1, 0.15) is 46.0 Å². The highest BCUT2D eigenvalue weighted by atomic mass is 16.5. The second kappa shape index (κ2) is 9.39. The Hall–Kier alpha value is -3.11. The number of ether oxygens (including phenoxy) is 2. The highest BCUT2D eigenvalue weighted by Crippen LogP contribution is 2.25. The maximum absolute atomic E-state index is 13.1. The van der Waals surface area contributed by atoms with E-state index in [9.17, 15) is 20.0 Å². The summed E-state index contributed by atoms with van der Waals surface area (Å²) in [7, 11) is 1.53. The largest absolute Gasteiger partial charge is 0.494 e. The van der Waals surface area contributed by atoms with E-state index in [1.165, 1.54) is 14.0 Å². The highest BCUT2D eigenvalue weighted by Gasteiger charge is 2.28. The molecule has 0 aliphatic heterocycles. The standard InChI is InChI=1S/C22H26N2O5/c1-13-9-14(2)11-17(10-13)29-16(4)20(25)19-15(3)18(12-23)21(26)24(22(19)27)7-6-8-28-5/h9-11,16,27H,6-8H2,1-5H3. The number of Topliss-reactive ketones (excluding diaryl/α,β-unsaturated/α-hetero) is 1. The number of benzene rings is 1. The number of aromatic nitrogens is 1.